The number of carboxylic acid groups (broad SMARTS) is 1. The Balaban J connectivity index is 4.02. The first-order valence-corrected chi connectivity index (χ1v) is 27.5. The van der Waals surface area contributed by atoms with Crippen molar-refractivity contribution in [3.63, 3.8) is 0 Å². The van der Waals surface area contributed by atoms with E-state index < -0.39 is 24.3 Å². The van der Waals surface area contributed by atoms with Crippen LogP contribution >= 0.6 is 0 Å². The maximum absolute atomic E-state index is 12.8. The molecule has 0 aromatic carbocycles. The lowest BCUT2D eigenvalue weighted by Crippen LogP contribution is -2.40. The van der Waals surface area contributed by atoms with Crippen LogP contribution in [-0.2, 0) is 33.3 Å². The zero-order valence-electron chi connectivity index (χ0n) is 43.4. The van der Waals surface area contributed by atoms with Crippen molar-refractivity contribution < 1.29 is 42.9 Å². The van der Waals surface area contributed by atoms with Gasteiger partial charge < -0.3 is 28.5 Å². The third kappa shape index (κ3) is 49.5. The molecule has 0 aliphatic carbocycles. The Hall–Kier alpha value is -2.23. The molecule has 9 heteroatoms. The van der Waals surface area contributed by atoms with Gasteiger partial charge in [0.15, 0.2) is 6.10 Å². The lowest BCUT2D eigenvalue weighted by Gasteiger charge is -2.25. The highest BCUT2D eigenvalue weighted by molar-refractivity contribution is 5.71. The van der Waals surface area contributed by atoms with Gasteiger partial charge >= 0.3 is 17.9 Å². The Morgan fingerprint density at radius 3 is 1.22 bits per heavy atom. The van der Waals surface area contributed by atoms with Crippen molar-refractivity contribution in [2.24, 2.45) is 0 Å². The van der Waals surface area contributed by atoms with Crippen molar-refractivity contribution in [2.45, 2.75) is 270 Å². The van der Waals surface area contributed by atoms with Gasteiger partial charge in [-0.25, -0.2) is 4.79 Å². The maximum Gasteiger partial charge on any atom is 0.361 e. The van der Waals surface area contributed by atoms with E-state index in [2.05, 4.69) is 38.2 Å². The summed E-state index contributed by atoms with van der Waals surface area (Å²) in [5.41, 5.74) is 0. The van der Waals surface area contributed by atoms with Crippen LogP contribution in [-0.4, -0.2) is 87.4 Å². The van der Waals surface area contributed by atoms with Crippen LogP contribution in [0.4, 0.5) is 0 Å². The number of carboxylic acids is 1. The standard InChI is InChI=1S/C56H105NO8/c1-6-8-10-12-14-16-17-18-19-20-21-22-23-24-25-26-27-28-29-30-31-32-33-34-35-36-37-39-41-43-45-47-54(59)65-52(51-64-56(55(60)61)62-49-48-57(3,4)5)50-63-53(58)46-44-42-40-38-15-13-11-9-7-2/h17-18,20-21,52,56H,6-16,19,22-51H2,1-5H3/p+1/b18-17-,21-20-. The molecule has 0 bridgehead atoms. The molecular weight excluding hydrogens is 815 g/mol. The molecule has 0 aromatic rings. The topological polar surface area (TPSA) is 108 Å². The molecule has 0 aliphatic rings. The molecule has 0 aromatic heterocycles. The Morgan fingerprint density at radius 2 is 0.831 bits per heavy atom. The lowest BCUT2D eigenvalue weighted by molar-refractivity contribution is -0.870. The molecule has 9 nitrogen and oxygen atoms in total. The summed E-state index contributed by atoms with van der Waals surface area (Å²) < 4.78 is 22.8. The van der Waals surface area contributed by atoms with E-state index in [1.165, 1.54) is 186 Å². The highest BCUT2D eigenvalue weighted by Crippen LogP contribution is 2.17. The van der Waals surface area contributed by atoms with Crippen LogP contribution < -0.4 is 0 Å². The number of nitrogens with zero attached hydrogens (tertiary/aromatic N) is 1. The fourth-order valence-corrected chi connectivity index (χ4v) is 7.93. The molecule has 0 spiro atoms. The third-order valence-corrected chi connectivity index (χ3v) is 12.2. The summed E-state index contributed by atoms with van der Waals surface area (Å²) >= 11 is 0. The molecule has 0 aliphatic heterocycles. The first-order valence-electron chi connectivity index (χ1n) is 27.5. The summed E-state index contributed by atoms with van der Waals surface area (Å²) in [6.07, 6.45) is 52.8. The molecule has 0 amide bonds. The number of rotatable bonds is 51. The van der Waals surface area contributed by atoms with Crippen LogP contribution in [0.3, 0.4) is 0 Å². The molecule has 0 radical (unpaired) electrons. The van der Waals surface area contributed by atoms with Crippen molar-refractivity contribution in [1.82, 2.24) is 0 Å². The quantitative estimate of drug-likeness (QED) is 0.0211. The molecular formula is C56H106NO8+. The van der Waals surface area contributed by atoms with Crippen LogP contribution in [0.25, 0.3) is 0 Å². The average Bonchev–Trinajstić information content (AvgIpc) is 3.27. The number of aliphatic carboxylic acids is 1. The van der Waals surface area contributed by atoms with Gasteiger partial charge in [-0.3, -0.25) is 9.59 Å². The SMILES string of the molecule is CCCCCCC/C=C\C/C=C\CCCCCCCCCCCCCCCCCCCCCC(=O)OC(COC(=O)CCCCCCCCCCC)COC(OCC[N+](C)(C)C)C(=O)O. The zero-order chi connectivity index (χ0) is 47.7. The van der Waals surface area contributed by atoms with Gasteiger partial charge in [-0.05, 0) is 44.9 Å². The first-order chi connectivity index (χ1) is 31.6. The van der Waals surface area contributed by atoms with Crippen LogP contribution in [0, 0.1) is 0 Å². The summed E-state index contributed by atoms with van der Waals surface area (Å²) in [6.45, 7) is 4.87. The summed E-state index contributed by atoms with van der Waals surface area (Å²) in [5, 5.41) is 9.65. The molecule has 1 N–H and O–H groups in total. The Labute approximate surface area is 401 Å². The molecule has 382 valence electrons. The van der Waals surface area contributed by atoms with E-state index in [1.54, 1.807) is 0 Å². The van der Waals surface area contributed by atoms with Gasteiger partial charge in [-0.15, -0.1) is 0 Å². The van der Waals surface area contributed by atoms with Gasteiger partial charge in [0.05, 0.1) is 34.4 Å². The zero-order valence-corrected chi connectivity index (χ0v) is 43.4. The van der Waals surface area contributed by atoms with Gasteiger partial charge in [0.1, 0.15) is 13.2 Å². The third-order valence-electron chi connectivity index (χ3n) is 12.2. The van der Waals surface area contributed by atoms with E-state index in [0.717, 1.165) is 44.9 Å². The second-order valence-electron chi connectivity index (χ2n) is 19.9. The number of unbranched alkanes of at least 4 members (excludes halogenated alkanes) is 32. The molecule has 0 saturated carbocycles. The number of likely N-dealkylation sites (N-methyl/N-ethyl adjacent to an activating group) is 1. The van der Waals surface area contributed by atoms with E-state index >= 15 is 0 Å². The van der Waals surface area contributed by atoms with Crippen LogP contribution in [0.2, 0.25) is 0 Å². The van der Waals surface area contributed by atoms with E-state index in [9.17, 15) is 19.5 Å². The molecule has 0 fully saturated rings. The molecule has 0 rings (SSSR count). The van der Waals surface area contributed by atoms with Gasteiger partial charge in [0.2, 0.25) is 0 Å². The second-order valence-corrected chi connectivity index (χ2v) is 19.9. The number of hydrogen-bond donors (Lipinski definition) is 1. The van der Waals surface area contributed by atoms with Gasteiger partial charge in [-0.1, -0.05) is 224 Å². The fourth-order valence-electron chi connectivity index (χ4n) is 7.93. The minimum atomic E-state index is -1.50. The highest BCUT2D eigenvalue weighted by Gasteiger charge is 2.25. The van der Waals surface area contributed by atoms with Crippen molar-refractivity contribution in [2.75, 3.05) is 47.5 Å². The number of hydrogen-bond acceptors (Lipinski definition) is 7. The molecule has 2 unspecified atom stereocenters. The Bertz CT molecular complexity index is 1120. The summed E-state index contributed by atoms with van der Waals surface area (Å²) in [5.74, 6) is -1.99. The number of ether oxygens (including phenoxy) is 4. The van der Waals surface area contributed by atoms with Crippen molar-refractivity contribution in [1.29, 1.82) is 0 Å². The van der Waals surface area contributed by atoms with E-state index in [1.807, 2.05) is 21.1 Å². The lowest BCUT2D eigenvalue weighted by atomic mass is 10.0. The second kappa shape index (κ2) is 48.2. The number of carbonyl (C=O) groups excluding carboxylic acids is 2. The van der Waals surface area contributed by atoms with E-state index in [4.69, 9.17) is 18.9 Å². The summed E-state index contributed by atoms with van der Waals surface area (Å²) in [4.78, 5) is 37.1. The van der Waals surface area contributed by atoms with Gasteiger partial charge in [-0.2, -0.15) is 0 Å². The normalized spacial score (nSPS) is 12.9. The average molecular weight is 921 g/mol. The number of esters is 2. The van der Waals surface area contributed by atoms with E-state index in [-0.39, 0.29) is 32.2 Å². The minimum Gasteiger partial charge on any atom is -0.477 e. The minimum absolute atomic E-state index is 0.176. The van der Waals surface area contributed by atoms with E-state index in [0.29, 0.717) is 17.4 Å². The Morgan fingerprint density at radius 1 is 0.462 bits per heavy atom. The first kappa shape index (κ1) is 62.8. The summed E-state index contributed by atoms with van der Waals surface area (Å²) in [7, 11) is 5.97. The fraction of sp³-hybridized carbons (Fsp3) is 0.875. The molecule has 0 saturated heterocycles. The Kier molecular flexibility index (Phi) is 46.6. The predicted molar refractivity (Wildman–Crippen MR) is 272 cm³/mol. The van der Waals surface area contributed by atoms with Crippen LogP contribution in [0.5, 0.6) is 0 Å². The smallest absolute Gasteiger partial charge is 0.361 e. The van der Waals surface area contributed by atoms with Crippen LogP contribution in [0.15, 0.2) is 24.3 Å². The highest BCUT2D eigenvalue weighted by atomic mass is 16.7. The number of quaternary nitrogens is 1. The molecule has 2 atom stereocenters. The monoisotopic (exact) mass is 921 g/mol. The van der Waals surface area contributed by atoms with Crippen LogP contribution in [0.1, 0.15) is 258 Å². The van der Waals surface area contributed by atoms with Gasteiger partial charge in [0.25, 0.3) is 6.29 Å². The van der Waals surface area contributed by atoms with Crippen molar-refractivity contribution >= 4 is 17.9 Å². The van der Waals surface area contributed by atoms with Crippen molar-refractivity contribution in [3.05, 3.63) is 24.3 Å². The predicted octanol–water partition coefficient (Wildman–Crippen LogP) is 15.6. The van der Waals surface area contributed by atoms with Crippen molar-refractivity contribution in [3.8, 4) is 0 Å². The molecule has 65 heavy (non-hydrogen) atoms. The van der Waals surface area contributed by atoms with Gasteiger partial charge in [0, 0.05) is 12.8 Å². The summed E-state index contributed by atoms with van der Waals surface area (Å²) in [6, 6.07) is 0. The number of carbonyl (C=O) groups is 3. The maximum atomic E-state index is 12.8. The number of allylic oxidation sites excluding steroid dienone is 4. The largest absolute Gasteiger partial charge is 0.477 e. The molecule has 0 heterocycles.